The Morgan fingerprint density at radius 3 is 2.48 bits per heavy atom. The van der Waals surface area contributed by atoms with E-state index < -0.39 is 0 Å². The Bertz CT molecular complexity index is 908. The van der Waals surface area contributed by atoms with Crippen LogP contribution < -0.4 is 10.5 Å². The molecule has 116 valence electrons. The number of hydrogen-bond acceptors (Lipinski definition) is 3. The van der Waals surface area contributed by atoms with Crippen LogP contribution in [-0.2, 0) is 12.8 Å². The third-order valence-corrected chi connectivity index (χ3v) is 4.76. The van der Waals surface area contributed by atoms with Crippen LogP contribution in [-0.4, -0.2) is 23.1 Å². The zero-order valence-corrected chi connectivity index (χ0v) is 13.3. The average molecular weight is 326 g/mol. The van der Waals surface area contributed by atoms with E-state index in [0.29, 0.717) is 15.9 Å². The number of nitrogens with one attached hydrogen (secondary N) is 1. The van der Waals surface area contributed by atoms with Crippen molar-refractivity contribution in [3.8, 4) is 0 Å². The minimum atomic E-state index is -0.156. The summed E-state index contributed by atoms with van der Waals surface area (Å²) in [4.78, 5) is 21.1. The highest BCUT2D eigenvalue weighted by molar-refractivity contribution is 6.35. The number of nitrogens with zero attached hydrogens (tertiary/aromatic N) is 2. The molecule has 5 heteroatoms. The van der Waals surface area contributed by atoms with Crippen molar-refractivity contribution >= 4 is 28.2 Å². The molecule has 4 rings (SSSR count). The number of hydrogen-bond donors (Lipinski definition) is 1. The Balaban J connectivity index is 1.73. The molecule has 0 atom stereocenters. The Hall–Kier alpha value is -2.33. The second-order valence-corrected chi connectivity index (χ2v) is 6.22. The summed E-state index contributed by atoms with van der Waals surface area (Å²) < 4.78 is 0. The third kappa shape index (κ3) is 2.59. The van der Waals surface area contributed by atoms with E-state index in [-0.39, 0.29) is 5.56 Å². The molecular formula is C18H16ClN3O. The van der Waals surface area contributed by atoms with Gasteiger partial charge in [-0.25, -0.2) is 4.98 Å². The molecule has 0 aliphatic carbocycles. The van der Waals surface area contributed by atoms with Gasteiger partial charge in [0.2, 0.25) is 0 Å². The maximum Gasteiger partial charge on any atom is 0.258 e. The molecule has 2 heterocycles. The van der Waals surface area contributed by atoms with Crippen molar-refractivity contribution in [2.24, 2.45) is 0 Å². The van der Waals surface area contributed by atoms with Gasteiger partial charge in [-0.05, 0) is 36.1 Å². The highest BCUT2D eigenvalue weighted by atomic mass is 35.5. The molecule has 0 unspecified atom stereocenters. The molecule has 0 saturated carbocycles. The van der Waals surface area contributed by atoms with E-state index in [1.165, 1.54) is 17.5 Å². The number of benzene rings is 2. The summed E-state index contributed by atoms with van der Waals surface area (Å²) in [6, 6.07) is 12.4. The van der Waals surface area contributed by atoms with Crippen LogP contribution >= 0.6 is 11.6 Å². The predicted molar refractivity (Wildman–Crippen MR) is 93.4 cm³/mol. The molecular weight excluding hydrogens is 310 g/mol. The van der Waals surface area contributed by atoms with E-state index in [2.05, 4.69) is 39.1 Å². The third-order valence-electron chi connectivity index (χ3n) is 4.47. The first-order valence-corrected chi connectivity index (χ1v) is 8.09. The second kappa shape index (κ2) is 5.70. The van der Waals surface area contributed by atoms with E-state index in [0.717, 1.165) is 31.6 Å². The van der Waals surface area contributed by atoms with Crippen LogP contribution in [0.3, 0.4) is 0 Å². The Labute approximate surface area is 138 Å². The van der Waals surface area contributed by atoms with Crippen molar-refractivity contribution in [3.63, 3.8) is 0 Å². The standard InChI is InChI=1S/C18H16ClN3O/c19-16-10-14(9-15-17(16)20-11-21-18(15)23)22-7-5-12-3-1-2-4-13(12)6-8-22/h1-4,9-11H,5-8H2,(H,20,21,23). The topological polar surface area (TPSA) is 49.0 Å². The molecule has 1 aromatic heterocycles. The van der Waals surface area contributed by atoms with Gasteiger partial charge in [-0.2, -0.15) is 0 Å². The first kappa shape index (κ1) is 14.3. The molecule has 0 spiro atoms. The van der Waals surface area contributed by atoms with Crippen molar-refractivity contribution in [2.45, 2.75) is 12.8 Å². The number of fused-ring (bicyclic) bond motifs is 2. The van der Waals surface area contributed by atoms with Crippen molar-refractivity contribution in [2.75, 3.05) is 18.0 Å². The smallest absolute Gasteiger partial charge is 0.258 e. The van der Waals surface area contributed by atoms with Crippen LogP contribution in [0.4, 0.5) is 5.69 Å². The molecule has 0 radical (unpaired) electrons. The van der Waals surface area contributed by atoms with Crippen LogP contribution in [0.25, 0.3) is 10.9 Å². The van der Waals surface area contributed by atoms with Crippen LogP contribution in [0.1, 0.15) is 11.1 Å². The van der Waals surface area contributed by atoms with Gasteiger partial charge in [-0.3, -0.25) is 4.79 Å². The van der Waals surface area contributed by atoms with Gasteiger partial charge < -0.3 is 9.88 Å². The van der Waals surface area contributed by atoms with Crippen molar-refractivity contribution < 1.29 is 0 Å². The van der Waals surface area contributed by atoms with E-state index in [9.17, 15) is 4.79 Å². The molecule has 0 amide bonds. The minimum Gasteiger partial charge on any atom is -0.371 e. The molecule has 0 fully saturated rings. The first-order valence-electron chi connectivity index (χ1n) is 7.71. The number of anilines is 1. The fourth-order valence-electron chi connectivity index (χ4n) is 3.23. The lowest BCUT2D eigenvalue weighted by molar-refractivity contribution is 0.806. The number of H-pyrrole nitrogens is 1. The van der Waals surface area contributed by atoms with Gasteiger partial charge in [0.05, 0.1) is 22.3 Å². The van der Waals surface area contributed by atoms with E-state index in [1.807, 2.05) is 12.1 Å². The zero-order valence-electron chi connectivity index (χ0n) is 12.6. The summed E-state index contributed by atoms with van der Waals surface area (Å²) in [5.74, 6) is 0. The highest BCUT2D eigenvalue weighted by Crippen LogP contribution is 2.28. The SMILES string of the molecule is O=c1[nH]cnc2c(Cl)cc(N3CCc4ccccc4CC3)cc12. The van der Waals surface area contributed by atoms with Gasteiger partial charge in [0.1, 0.15) is 0 Å². The zero-order chi connectivity index (χ0) is 15.8. The van der Waals surface area contributed by atoms with Crippen LogP contribution in [0.5, 0.6) is 0 Å². The first-order chi connectivity index (χ1) is 11.2. The largest absolute Gasteiger partial charge is 0.371 e. The fraction of sp³-hybridized carbons (Fsp3) is 0.222. The fourth-order valence-corrected chi connectivity index (χ4v) is 3.49. The Morgan fingerprint density at radius 1 is 1.09 bits per heavy atom. The normalized spacial score (nSPS) is 14.6. The number of aromatic amines is 1. The van der Waals surface area contributed by atoms with Gasteiger partial charge in [-0.1, -0.05) is 35.9 Å². The van der Waals surface area contributed by atoms with Gasteiger partial charge in [0.15, 0.2) is 0 Å². The molecule has 2 aromatic carbocycles. The molecule has 0 bridgehead atoms. The molecule has 0 saturated heterocycles. The summed E-state index contributed by atoms with van der Waals surface area (Å²) >= 11 is 6.34. The molecule has 1 N–H and O–H groups in total. The minimum absolute atomic E-state index is 0.156. The lowest BCUT2D eigenvalue weighted by Crippen LogP contribution is -2.26. The lowest BCUT2D eigenvalue weighted by atomic mass is 10.0. The lowest BCUT2D eigenvalue weighted by Gasteiger charge is -2.23. The van der Waals surface area contributed by atoms with Gasteiger partial charge in [0.25, 0.3) is 5.56 Å². The maximum atomic E-state index is 12.0. The van der Waals surface area contributed by atoms with E-state index in [1.54, 1.807) is 0 Å². The quantitative estimate of drug-likeness (QED) is 0.747. The second-order valence-electron chi connectivity index (χ2n) is 5.81. The van der Waals surface area contributed by atoms with Crippen LogP contribution in [0, 0.1) is 0 Å². The summed E-state index contributed by atoms with van der Waals surface area (Å²) in [5.41, 5.74) is 4.19. The van der Waals surface area contributed by atoms with Gasteiger partial charge in [0, 0.05) is 18.8 Å². The van der Waals surface area contributed by atoms with E-state index >= 15 is 0 Å². The summed E-state index contributed by atoms with van der Waals surface area (Å²) in [7, 11) is 0. The highest BCUT2D eigenvalue weighted by Gasteiger charge is 2.16. The molecule has 3 aromatic rings. The van der Waals surface area contributed by atoms with Crippen molar-refractivity contribution in [3.05, 3.63) is 69.2 Å². The Morgan fingerprint density at radius 2 is 1.78 bits per heavy atom. The van der Waals surface area contributed by atoms with Crippen LogP contribution in [0.15, 0.2) is 47.5 Å². The number of halogens is 1. The number of rotatable bonds is 1. The summed E-state index contributed by atoms with van der Waals surface area (Å²) in [6.45, 7) is 1.83. The summed E-state index contributed by atoms with van der Waals surface area (Å²) in [5, 5.41) is 1.06. The monoisotopic (exact) mass is 325 g/mol. The van der Waals surface area contributed by atoms with E-state index in [4.69, 9.17) is 11.6 Å². The molecule has 23 heavy (non-hydrogen) atoms. The molecule has 1 aliphatic heterocycles. The summed E-state index contributed by atoms with van der Waals surface area (Å²) in [6.07, 6.45) is 3.38. The van der Waals surface area contributed by atoms with Gasteiger partial charge in [-0.15, -0.1) is 0 Å². The predicted octanol–water partition coefficient (Wildman–Crippen LogP) is 3.18. The molecule has 1 aliphatic rings. The van der Waals surface area contributed by atoms with Crippen molar-refractivity contribution in [1.82, 2.24) is 9.97 Å². The Kier molecular flexibility index (Phi) is 3.54. The van der Waals surface area contributed by atoms with Crippen molar-refractivity contribution in [1.29, 1.82) is 0 Å². The average Bonchev–Trinajstić information content (AvgIpc) is 2.78. The molecule has 4 nitrogen and oxygen atoms in total. The van der Waals surface area contributed by atoms with Crippen LogP contribution in [0.2, 0.25) is 5.02 Å². The van der Waals surface area contributed by atoms with Gasteiger partial charge >= 0.3 is 0 Å². The maximum absolute atomic E-state index is 12.0. The number of aromatic nitrogens is 2.